The van der Waals surface area contributed by atoms with E-state index in [1.165, 1.54) is 0 Å². The van der Waals surface area contributed by atoms with Gasteiger partial charge in [0.2, 0.25) is 0 Å². The molecule has 0 aromatic carbocycles. The molecule has 0 aliphatic rings. The van der Waals surface area contributed by atoms with Gasteiger partial charge in [0, 0.05) is 20.1 Å². The van der Waals surface area contributed by atoms with Crippen LogP contribution >= 0.6 is 0 Å². The van der Waals surface area contributed by atoms with E-state index in [-0.39, 0.29) is 0 Å². The first-order valence-corrected chi connectivity index (χ1v) is 3.25. The third-order valence-electron chi connectivity index (χ3n) is 1.61. The number of rotatable bonds is 1. The fourth-order valence-corrected chi connectivity index (χ4v) is 0.531. The van der Waals surface area contributed by atoms with Crippen molar-refractivity contribution in [2.45, 2.75) is 26.8 Å². The van der Waals surface area contributed by atoms with Crippen LogP contribution in [0.3, 0.4) is 0 Å². The van der Waals surface area contributed by atoms with Crippen molar-refractivity contribution in [1.82, 2.24) is 4.90 Å². The second kappa shape index (κ2) is 3.49. The molecule has 0 amide bonds. The normalized spacial score (nSPS) is 12.4. The molecule has 2 nitrogen and oxygen atoms in total. The minimum Gasteiger partial charge on any atom is -0.361 e. The van der Waals surface area contributed by atoms with E-state index in [1.807, 2.05) is 21.0 Å². The van der Waals surface area contributed by atoms with Crippen LogP contribution in [-0.4, -0.2) is 30.9 Å². The van der Waals surface area contributed by atoms with Gasteiger partial charge in [0.15, 0.2) is 0 Å². The van der Waals surface area contributed by atoms with Crippen molar-refractivity contribution >= 4 is 5.84 Å². The van der Waals surface area contributed by atoms with E-state index in [1.54, 1.807) is 0 Å². The second-order valence-electron chi connectivity index (χ2n) is 2.48. The van der Waals surface area contributed by atoms with E-state index >= 15 is 0 Å². The molecule has 0 saturated heterocycles. The molecule has 0 saturated carbocycles. The number of hydrogen-bond donors (Lipinski definition) is 0. The van der Waals surface area contributed by atoms with Gasteiger partial charge in [-0.3, -0.25) is 4.99 Å². The standard InChI is InChI=1S/C7H16N2/c1-6(2)9(5)7(3)8-4/h6H,1-5H3/b8-7-. The van der Waals surface area contributed by atoms with Crippen LogP contribution in [0.25, 0.3) is 0 Å². The van der Waals surface area contributed by atoms with Crippen molar-refractivity contribution < 1.29 is 0 Å². The summed E-state index contributed by atoms with van der Waals surface area (Å²) in [5.41, 5.74) is 0. The number of hydrogen-bond acceptors (Lipinski definition) is 1. The highest BCUT2D eigenvalue weighted by Crippen LogP contribution is 1.93. The largest absolute Gasteiger partial charge is 0.361 e. The highest BCUT2D eigenvalue weighted by atomic mass is 15.2. The average Bonchev–Trinajstić information content (AvgIpc) is 1.84. The Morgan fingerprint density at radius 1 is 1.44 bits per heavy atom. The molecule has 9 heavy (non-hydrogen) atoms. The SMILES string of the molecule is C/N=C(/C)N(C)C(C)C. The molecule has 0 unspecified atom stereocenters. The molecule has 0 rings (SSSR count). The van der Waals surface area contributed by atoms with Crippen LogP contribution in [0.5, 0.6) is 0 Å². The van der Waals surface area contributed by atoms with Crippen LogP contribution in [-0.2, 0) is 0 Å². The van der Waals surface area contributed by atoms with Gasteiger partial charge in [0.05, 0.1) is 5.84 Å². The lowest BCUT2D eigenvalue weighted by atomic mass is 10.3. The number of amidine groups is 1. The first-order valence-electron chi connectivity index (χ1n) is 3.25. The van der Waals surface area contributed by atoms with Crippen molar-refractivity contribution in [3.63, 3.8) is 0 Å². The average molecular weight is 128 g/mol. The van der Waals surface area contributed by atoms with Gasteiger partial charge < -0.3 is 4.90 Å². The van der Waals surface area contributed by atoms with Gasteiger partial charge in [-0.1, -0.05) is 0 Å². The Morgan fingerprint density at radius 2 is 1.89 bits per heavy atom. The van der Waals surface area contributed by atoms with E-state index in [0.29, 0.717) is 6.04 Å². The maximum absolute atomic E-state index is 4.05. The summed E-state index contributed by atoms with van der Waals surface area (Å²) >= 11 is 0. The van der Waals surface area contributed by atoms with Crippen LogP contribution in [0.15, 0.2) is 4.99 Å². The molecule has 0 fully saturated rings. The zero-order valence-electron chi connectivity index (χ0n) is 6.97. The number of aliphatic imine (C=N–C) groups is 1. The van der Waals surface area contributed by atoms with E-state index in [9.17, 15) is 0 Å². The molecule has 0 radical (unpaired) electrons. The van der Waals surface area contributed by atoms with Crippen LogP contribution in [0.2, 0.25) is 0 Å². The molecule has 0 bridgehead atoms. The van der Waals surface area contributed by atoms with E-state index in [2.05, 4.69) is 23.7 Å². The first kappa shape index (κ1) is 8.47. The van der Waals surface area contributed by atoms with Crippen LogP contribution in [0, 0.1) is 0 Å². The molecule has 0 spiro atoms. The van der Waals surface area contributed by atoms with Gasteiger partial charge >= 0.3 is 0 Å². The smallest absolute Gasteiger partial charge is 0.0953 e. The second-order valence-corrected chi connectivity index (χ2v) is 2.48. The lowest BCUT2D eigenvalue weighted by Gasteiger charge is -2.22. The van der Waals surface area contributed by atoms with Gasteiger partial charge in [-0.15, -0.1) is 0 Å². The summed E-state index contributed by atoms with van der Waals surface area (Å²) in [7, 11) is 3.86. The van der Waals surface area contributed by atoms with Crippen molar-refractivity contribution in [1.29, 1.82) is 0 Å². The Hall–Kier alpha value is -0.530. The molecule has 0 aliphatic heterocycles. The van der Waals surface area contributed by atoms with Crippen molar-refractivity contribution in [2.24, 2.45) is 4.99 Å². The zero-order valence-corrected chi connectivity index (χ0v) is 6.97. The Balaban J connectivity index is 3.88. The molecule has 54 valence electrons. The van der Waals surface area contributed by atoms with Gasteiger partial charge in [-0.05, 0) is 20.8 Å². The fraction of sp³-hybridized carbons (Fsp3) is 0.857. The molecule has 0 N–H and O–H groups in total. The molecule has 2 heteroatoms. The molecule has 0 heterocycles. The minimum atomic E-state index is 0.550. The van der Waals surface area contributed by atoms with Gasteiger partial charge in [-0.25, -0.2) is 0 Å². The Bertz CT molecular complexity index is 105. The summed E-state index contributed by atoms with van der Waals surface area (Å²) in [6, 6.07) is 0.550. The third kappa shape index (κ3) is 2.49. The summed E-state index contributed by atoms with van der Waals surface area (Å²) < 4.78 is 0. The van der Waals surface area contributed by atoms with E-state index < -0.39 is 0 Å². The number of nitrogens with zero attached hydrogens (tertiary/aromatic N) is 2. The van der Waals surface area contributed by atoms with Crippen LogP contribution < -0.4 is 0 Å². The third-order valence-corrected chi connectivity index (χ3v) is 1.61. The molecular weight excluding hydrogens is 112 g/mol. The summed E-state index contributed by atoms with van der Waals surface area (Å²) in [6.45, 7) is 6.31. The predicted octanol–water partition coefficient (Wildman–Crippen LogP) is 1.37. The topological polar surface area (TPSA) is 15.6 Å². The van der Waals surface area contributed by atoms with Crippen molar-refractivity contribution in [3.05, 3.63) is 0 Å². The molecule has 0 atom stereocenters. The minimum absolute atomic E-state index is 0.550. The lowest BCUT2D eigenvalue weighted by Crippen LogP contribution is -2.30. The van der Waals surface area contributed by atoms with E-state index in [4.69, 9.17) is 0 Å². The summed E-state index contributed by atoms with van der Waals surface area (Å²) in [4.78, 5) is 6.19. The Labute approximate surface area is 57.6 Å². The molecule has 0 aliphatic carbocycles. The summed E-state index contributed by atoms with van der Waals surface area (Å²) in [5.74, 6) is 1.09. The van der Waals surface area contributed by atoms with Crippen LogP contribution in [0.1, 0.15) is 20.8 Å². The van der Waals surface area contributed by atoms with Crippen molar-refractivity contribution in [2.75, 3.05) is 14.1 Å². The highest BCUT2D eigenvalue weighted by Gasteiger charge is 2.01. The summed E-state index contributed by atoms with van der Waals surface area (Å²) in [5, 5.41) is 0. The highest BCUT2D eigenvalue weighted by molar-refractivity contribution is 5.79. The quantitative estimate of drug-likeness (QED) is 0.385. The maximum atomic E-state index is 4.05. The van der Waals surface area contributed by atoms with E-state index in [0.717, 1.165) is 5.84 Å². The maximum Gasteiger partial charge on any atom is 0.0953 e. The van der Waals surface area contributed by atoms with Gasteiger partial charge in [-0.2, -0.15) is 0 Å². The zero-order chi connectivity index (χ0) is 7.44. The Morgan fingerprint density at radius 3 is 2.00 bits per heavy atom. The van der Waals surface area contributed by atoms with Crippen molar-refractivity contribution in [3.8, 4) is 0 Å². The molecule has 0 aromatic rings. The lowest BCUT2D eigenvalue weighted by molar-refractivity contribution is 0.414. The monoisotopic (exact) mass is 128 g/mol. The molecule has 0 aromatic heterocycles. The van der Waals surface area contributed by atoms with Gasteiger partial charge in [0.25, 0.3) is 0 Å². The first-order chi connectivity index (χ1) is 4.09. The Kier molecular flexibility index (Phi) is 3.28. The summed E-state index contributed by atoms with van der Waals surface area (Å²) in [6.07, 6.45) is 0. The fourth-order valence-electron chi connectivity index (χ4n) is 0.531. The molecular formula is C7H16N2. The van der Waals surface area contributed by atoms with Gasteiger partial charge in [0.1, 0.15) is 0 Å². The predicted molar refractivity (Wildman–Crippen MR) is 41.9 cm³/mol. The van der Waals surface area contributed by atoms with Crippen LogP contribution in [0.4, 0.5) is 0 Å².